The van der Waals surface area contributed by atoms with Gasteiger partial charge in [-0.25, -0.2) is 17.6 Å². The van der Waals surface area contributed by atoms with Crippen LogP contribution in [0.2, 0.25) is 0 Å². The van der Waals surface area contributed by atoms with E-state index in [-0.39, 0.29) is 0 Å². The highest BCUT2D eigenvalue weighted by atomic mass is 19.2. The summed E-state index contributed by atoms with van der Waals surface area (Å²) in [6.07, 6.45) is 0. The van der Waals surface area contributed by atoms with Crippen molar-refractivity contribution in [1.29, 1.82) is 0 Å². The lowest BCUT2D eigenvalue weighted by molar-refractivity contribution is 0.508. The Bertz CT molecular complexity index is 486. The molecule has 0 amide bonds. The second-order valence-corrected chi connectivity index (χ2v) is 3.84. The second-order valence-electron chi connectivity index (χ2n) is 3.84. The Labute approximate surface area is 117 Å². The average molecular weight is 286 g/mol. The fraction of sp³-hybridized carbons (Fsp3) is 0.250. The fourth-order valence-electron chi connectivity index (χ4n) is 1.20. The quantitative estimate of drug-likeness (QED) is 0.555. The molecular formula is C16H18F4. The van der Waals surface area contributed by atoms with Crippen LogP contribution in [0, 0.1) is 37.1 Å². The van der Waals surface area contributed by atoms with Gasteiger partial charge in [-0.2, -0.15) is 0 Å². The van der Waals surface area contributed by atoms with E-state index in [1.165, 1.54) is 12.1 Å². The van der Waals surface area contributed by atoms with Crippen LogP contribution in [-0.4, -0.2) is 0 Å². The SMILES string of the molecule is CC.Cc1ccc(F)c(F)c1.Cc1ccc(F)c(F)c1. The molecule has 0 heterocycles. The molecule has 4 heteroatoms. The van der Waals surface area contributed by atoms with Gasteiger partial charge in [-0.15, -0.1) is 0 Å². The highest BCUT2D eigenvalue weighted by Crippen LogP contribution is 2.07. The Morgan fingerprint density at radius 1 is 0.550 bits per heavy atom. The minimum atomic E-state index is -0.791. The average Bonchev–Trinajstić information content (AvgIpc) is 2.42. The van der Waals surface area contributed by atoms with Crippen molar-refractivity contribution in [2.45, 2.75) is 27.7 Å². The summed E-state index contributed by atoms with van der Waals surface area (Å²) < 4.78 is 48.7. The highest BCUT2D eigenvalue weighted by molar-refractivity contribution is 5.16. The van der Waals surface area contributed by atoms with E-state index < -0.39 is 23.3 Å². The third-order valence-corrected chi connectivity index (χ3v) is 2.15. The zero-order valence-corrected chi connectivity index (χ0v) is 12.0. The molecule has 2 rings (SSSR count). The molecule has 2 aromatic carbocycles. The smallest absolute Gasteiger partial charge is 0.159 e. The van der Waals surface area contributed by atoms with Gasteiger partial charge in [-0.05, 0) is 49.2 Å². The largest absolute Gasteiger partial charge is 0.204 e. The minimum absolute atomic E-state index is 0.730. The van der Waals surface area contributed by atoms with Crippen LogP contribution in [0.1, 0.15) is 25.0 Å². The van der Waals surface area contributed by atoms with Gasteiger partial charge in [0.25, 0.3) is 0 Å². The minimum Gasteiger partial charge on any atom is -0.204 e. The summed E-state index contributed by atoms with van der Waals surface area (Å²) in [6, 6.07) is 7.61. The molecule has 0 nitrogen and oxygen atoms in total. The molecule has 0 bridgehead atoms. The molecule has 0 aromatic heterocycles. The monoisotopic (exact) mass is 286 g/mol. The van der Waals surface area contributed by atoms with Gasteiger partial charge in [0.15, 0.2) is 23.3 Å². The molecule has 0 radical (unpaired) electrons. The van der Waals surface area contributed by atoms with Gasteiger partial charge in [0.05, 0.1) is 0 Å². The molecule has 0 saturated heterocycles. The van der Waals surface area contributed by atoms with Crippen molar-refractivity contribution >= 4 is 0 Å². The molecule has 0 unspecified atom stereocenters. The van der Waals surface area contributed by atoms with Crippen LogP contribution in [0.3, 0.4) is 0 Å². The second kappa shape index (κ2) is 9.13. The van der Waals surface area contributed by atoms with Crippen molar-refractivity contribution < 1.29 is 17.6 Å². The highest BCUT2D eigenvalue weighted by Gasteiger charge is 1.98. The van der Waals surface area contributed by atoms with Gasteiger partial charge >= 0.3 is 0 Å². The van der Waals surface area contributed by atoms with Gasteiger partial charge in [0.2, 0.25) is 0 Å². The van der Waals surface area contributed by atoms with Crippen LogP contribution < -0.4 is 0 Å². The first-order chi connectivity index (χ1) is 9.40. The maximum absolute atomic E-state index is 12.2. The molecule has 0 aliphatic rings. The molecule has 0 aliphatic heterocycles. The number of rotatable bonds is 0. The Morgan fingerprint density at radius 3 is 1.05 bits per heavy atom. The summed E-state index contributed by atoms with van der Waals surface area (Å²) in [5.41, 5.74) is 1.46. The maximum atomic E-state index is 12.2. The van der Waals surface area contributed by atoms with Gasteiger partial charge in [0, 0.05) is 0 Å². The van der Waals surface area contributed by atoms with Crippen molar-refractivity contribution in [3.05, 3.63) is 70.8 Å². The molecule has 0 atom stereocenters. The zero-order valence-electron chi connectivity index (χ0n) is 12.0. The van der Waals surface area contributed by atoms with Crippen molar-refractivity contribution in [1.82, 2.24) is 0 Å². The third-order valence-electron chi connectivity index (χ3n) is 2.15. The lowest BCUT2D eigenvalue weighted by Gasteiger charge is -1.91. The van der Waals surface area contributed by atoms with E-state index in [2.05, 4.69) is 0 Å². The lowest BCUT2D eigenvalue weighted by atomic mass is 10.2. The molecule has 0 aliphatic carbocycles. The Hall–Kier alpha value is -1.84. The van der Waals surface area contributed by atoms with E-state index in [4.69, 9.17) is 0 Å². The number of hydrogen-bond acceptors (Lipinski definition) is 0. The van der Waals surface area contributed by atoms with Crippen LogP contribution in [-0.2, 0) is 0 Å². The summed E-state index contributed by atoms with van der Waals surface area (Å²) in [5.74, 6) is -3.15. The van der Waals surface area contributed by atoms with Crippen LogP contribution in [0.4, 0.5) is 17.6 Å². The summed E-state index contributed by atoms with van der Waals surface area (Å²) in [5, 5.41) is 0. The molecule has 0 saturated carbocycles. The number of aryl methyl sites for hydroxylation is 2. The summed E-state index contributed by atoms with van der Waals surface area (Å²) in [7, 11) is 0. The standard InChI is InChI=1S/2C7H6F2.C2H6/c2*1-5-2-3-6(8)7(9)4-5;1-2/h2*2-4H,1H3;1-2H3. The van der Waals surface area contributed by atoms with Crippen molar-refractivity contribution in [3.8, 4) is 0 Å². The molecule has 0 spiro atoms. The van der Waals surface area contributed by atoms with E-state index in [1.54, 1.807) is 13.8 Å². The van der Waals surface area contributed by atoms with Crippen LogP contribution in [0.5, 0.6) is 0 Å². The molecular weight excluding hydrogens is 268 g/mol. The molecule has 0 N–H and O–H groups in total. The van der Waals surface area contributed by atoms with E-state index in [0.29, 0.717) is 0 Å². The van der Waals surface area contributed by atoms with Gasteiger partial charge in [-0.1, -0.05) is 26.0 Å². The van der Waals surface area contributed by atoms with Crippen LogP contribution >= 0.6 is 0 Å². The Kier molecular flexibility index (Phi) is 8.29. The molecule has 110 valence electrons. The van der Waals surface area contributed by atoms with E-state index in [9.17, 15) is 17.6 Å². The van der Waals surface area contributed by atoms with Crippen molar-refractivity contribution in [3.63, 3.8) is 0 Å². The van der Waals surface area contributed by atoms with Crippen molar-refractivity contribution in [2.75, 3.05) is 0 Å². The summed E-state index contributed by atoms with van der Waals surface area (Å²) in [6.45, 7) is 7.42. The number of benzene rings is 2. The predicted octanol–water partition coefficient (Wildman–Crippen LogP) is 5.57. The van der Waals surface area contributed by atoms with E-state index in [1.807, 2.05) is 13.8 Å². The topological polar surface area (TPSA) is 0 Å². The summed E-state index contributed by atoms with van der Waals surface area (Å²) >= 11 is 0. The summed E-state index contributed by atoms with van der Waals surface area (Å²) in [4.78, 5) is 0. The van der Waals surface area contributed by atoms with E-state index >= 15 is 0 Å². The number of halogens is 4. The Morgan fingerprint density at radius 2 is 0.850 bits per heavy atom. The predicted molar refractivity (Wildman–Crippen MR) is 73.5 cm³/mol. The first-order valence-electron chi connectivity index (χ1n) is 6.23. The first kappa shape index (κ1) is 18.2. The lowest BCUT2D eigenvalue weighted by Crippen LogP contribution is -1.82. The van der Waals surface area contributed by atoms with E-state index in [0.717, 1.165) is 35.4 Å². The van der Waals surface area contributed by atoms with Crippen LogP contribution in [0.25, 0.3) is 0 Å². The maximum Gasteiger partial charge on any atom is 0.159 e. The molecule has 2 aromatic rings. The molecule has 0 fully saturated rings. The Balaban J connectivity index is 0.000000321. The third kappa shape index (κ3) is 6.36. The first-order valence-corrected chi connectivity index (χ1v) is 6.23. The van der Waals surface area contributed by atoms with Crippen LogP contribution in [0.15, 0.2) is 36.4 Å². The molecule has 20 heavy (non-hydrogen) atoms. The van der Waals surface area contributed by atoms with Gasteiger partial charge < -0.3 is 0 Å². The zero-order chi connectivity index (χ0) is 15.7. The van der Waals surface area contributed by atoms with Crippen molar-refractivity contribution in [2.24, 2.45) is 0 Å². The van der Waals surface area contributed by atoms with Gasteiger partial charge in [-0.3, -0.25) is 0 Å². The van der Waals surface area contributed by atoms with Gasteiger partial charge in [0.1, 0.15) is 0 Å². The number of hydrogen-bond donors (Lipinski definition) is 0. The normalized spacial score (nSPS) is 9.00. The fourth-order valence-corrected chi connectivity index (χ4v) is 1.20.